The first-order valence-electron chi connectivity index (χ1n) is 5.23. The Morgan fingerprint density at radius 2 is 2.06 bits per heavy atom. The Morgan fingerprint density at radius 1 is 1.35 bits per heavy atom. The molecule has 0 fully saturated rings. The smallest absolute Gasteiger partial charge is 0.212 e. The van der Waals surface area contributed by atoms with Gasteiger partial charge in [0.25, 0.3) is 0 Å². The Labute approximate surface area is 104 Å². The second-order valence-corrected chi connectivity index (χ2v) is 4.06. The molecule has 5 heteroatoms. The van der Waals surface area contributed by atoms with Crippen LogP contribution in [0.4, 0.5) is 0 Å². The van der Waals surface area contributed by atoms with E-state index in [4.69, 9.17) is 17.3 Å². The maximum Gasteiger partial charge on any atom is 0.212 e. The first kappa shape index (κ1) is 11.8. The van der Waals surface area contributed by atoms with E-state index in [0.717, 1.165) is 0 Å². The lowest BCUT2D eigenvalue weighted by Gasteiger charge is -1.98. The second kappa shape index (κ2) is 5.12. The number of nitrogens with two attached hydrogens (primary N) is 1. The summed E-state index contributed by atoms with van der Waals surface area (Å²) in [6, 6.07) is 6.75. The van der Waals surface area contributed by atoms with Crippen molar-refractivity contribution in [3.05, 3.63) is 53.1 Å². The number of nitrogens with zero attached hydrogens (tertiary/aromatic N) is 2. The van der Waals surface area contributed by atoms with Gasteiger partial charge in [-0.1, -0.05) is 11.6 Å². The maximum absolute atomic E-state index is 12.0. The fourth-order valence-electron chi connectivity index (χ4n) is 1.50. The van der Waals surface area contributed by atoms with Crippen molar-refractivity contribution in [1.82, 2.24) is 9.55 Å². The fraction of sp³-hybridized carbons (Fsp3) is 0.167. The number of ketones is 1. The summed E-state index contributed by atoms with van der Waals surface area (Å²) in [6.07, 6.45) is 3.31. The van der Waals surface area contributed by atoms with E-state index in [1.807, 2.05) is 0 Å². The number of rotatable bonds is 4. The van der Waals surface area contributed by atoms with Crippen LogP contribution in [0, 0.1) is 0 Å². The first-order valence-corrected chi connectivity index (χ1v) is 5.60. The number of hydrogen-bond donors (Lipinski definition) is 1. The lowest BCUT2D eigenvalue weighted by atomic mass is 10.1. The van der Waals surface area contributed by atoms with E-state index in [-0.39, 0.29) is 5.78 Å². The van der Waals surface area contributed by atoms with Gasteiger partial charge in [0.1, 0.15) is 5.69 Å². The van der Waals surface area contributed by atoms with E-state index in [0.29, 0.717) is 29.4 Å². The molecule has 0 radical (unpaired) electrons. The lowest BCUT2D eigenvalue weighted by Crippen LogP contribution is -2.08. The number of aromatic nitrogens is 2. The van der Waals surface area contributed by atoms with E-state index in [1.165, 1.54) is 0 Å². The van der Waals surface area contributed by atoms with Crippen LogP contribution < -0.4 is 5.73 Å². The van der Waals surface area contributed by atoms with Crippen LogP contribution in [0.5, 0.6) is 0 Å². The van der Waals surface area contributed by atoms with Gasteiger partial charge in [0.2, 0.25) is 5.78 Å². The molecule has 0 saturated carbocycles. The van der Waals surface area contributed by atoms with Crippen LogP contribution in [-0.2, 0) is 6.54 Å². The minimum absolute atomic E-state index is 0.113. The normalized spacial score (nSPS) is 10.5. The molecule has 0 bridgehead atoms. The third kappa shape index (κ3) is 2.72. The zero-order chi connectivity index (χ0) is 12.3. The summed E-state index contributed by atoms with van der Waals surface area (Å²) in [5.41, 5.74) is 6.42. The van der Waals surface area contributed by atoms with E-state index < -0.39 is 0 Å². The van der Waals surface area contributed by atoms with Gasteiger partial charge in [0, 0.05) is 29.9 Å². The Kier molecular flexibility index (Phi) is 3.56. The predicted octanol–water partition coefficient (Wildman–Crippen LogP) is 1.73. The van der Waals surface area contributed by atoms with Gasteiger partial charge < -0.3 is 10.3 Å². The molecule has 0 aliphatic rings. The summed E-state index contributed by atoms with van der Waals surface area (Å²) in [7, 11) is 0. The molecular formula is C12H12ClN3O. The van der Waals surface area contributed by atoms with Gasteiger partial charge in [-0.05, 0) is 24.3 Å². The summed E-state index contributed by atoms with van der Waals surface area (Å²) >= 11 is 5.76. The molecule has 17 heavy (non-hydrogen) atoms. The Hall–Kier alpha value is -1.65. The van der Waals surface area contributed by atoms with Crippen molar-refractivity contribution in [1.29, 1.82) is 0 Å². The number of imidazole rings is 1. The highest BCUT2D eigenvalue weighted by atomic mass is 35.5. The van der Waals surface area contributed by atoms with E-state index in [2.05, 4.69) is 4.98 Å². The van der Waals surface area contributed by atoms with Gasteiger partial charge in [0.05, 0.1) is 6.33 Å². The van der Waals surface area contributed by atoms with Crippen molar-refractivity contribution in [3.63, 3.8) is 0 Å². The quantitative estimate of drug-likeness (QED) is 0.840. The SMILES string of the molecule is NCCn1cnc(C(=O)c2ccc(Cl)cc2)c1. The summed E-state index contributed by atoms with van der Waals surface area (Å²) in [5, 5.41) is 0.607. The summed E-state index contributed by atoms with van der Waals surface area (Å²) in [5.74, 6) is -0.113. The lowest BCUT2D eigenvalue weighted by molar-refractivity contribution is 0.103. The van der Waals surface area contributed by atoms with E-state index in [1.54, 1.807) is 41.4 Å². The molecule has 0 aliphatic heterocycles. The summed E-state index contributed by atoms with van der Waals surface area (Å²) < 4.78 is 1.79. The summed E-state index contributed by atoms with van der Waals surface area (Å²) in [4.78, 5) is 16.1. The maximum atomic E-state index is 12.0. The third-order valence-electron chi connectivity index (χ3n) is 2.36. The van der Waals surface area contributed by atoms with Gasteiger partial charge in [-0.15, -0.1) is 0 Å². The van der Waals surface area contributed by atoms with Crippen LogP contribution in [0.25, 0.3) is 0 Å². The molecule has 2 rings (SSSR count). The highest BCUT2D eigenvalue weighted by Crippen LogP contribution is 2.12. The van der Waals surface area contributed by atoms with Gasteiger partial charge in [-0.2, -0.15) is 0 Å². The molecule has 1 aromatic heterocycles. The number of carbonyl (C=O) groups is 1. The molecule has 0 aliphatic carbocycles. The highest BCUT2D eigenvalue weighted by molar-refractivity contribution is 6.30. The molecule has 0 amide bonds. The number of hydrogen-bond acceptors (Lipinski definition) is 3. The van der Waals surface area contributed by atoms with Gasteiger partial charge in [-0.3, -0.25) is 4.79 Å². The van der Waals surface area contributed by atoms with Crippen molar-refractivity contribution < 1.29 is 4.79 Å². The molecular weight excluding hydrogens is 238 g/mol. The first-order chi connectivity index (χ1) is 8.20. The van der Waals surface area contributed by atoms with Crippen LogP contribution in [0.1, 0.15) is 16.1 Å². The highest BCUT2D eigenvalue weighted by Gasteiger charge is 2.11. The minimum Gasteiger partial charge on any atom is -0.335 e. The zero-order valence-corrected chi connectivity index (χ0v) is 9.89. The third-order valence-corrected chi connectivity index (χ3v) is 2.61. The Balaban J connectivity index is 2.21. The van der Waals surface area contributed by atoms with Crippen LogP contribution in [0.15, 0.2) is 36.8 Å². The van der Waals surface area contributed by atoms with Crippen LogP contribution in [0.2, 0.25) is 5.02 Å². The zero-order valence-electron chi connectivity index (χ0n) is 9.14. The van der Waals surface area contributed by atoms with Crippen LogP contribution >= 0.6 is 11.6 Å². The van der Waals surface area contributed by atoms with Gasteiger partial charge in [-0.25, -0.2) is 4.98 Å². The fourth-order valence-corrected chi connectivity index (χ4v) is 1.62. The molecule has 1 heterocycles. The molecule has 2 N–H and O–H groups in total. The molecule has 0 spiro atoms. The van der Waals surface area contributed by atoms with Crippen LogP contribution in [-0.4, -0.2) is 21.9 Å². The molecule has 1 aromatic carbocycles. The van der Waals surface area contributed by atoms with Crippen LogP contribution in [0.3, 0.4) is 0 Å². The van der Waals surface area contributed by atoms with Gasteiger partial charge in [0.15, 0.2) is 0 Å². The van der Waals surface area contributed by atoms with E-state index in [9.17, 15) is 4.79 Å². The van der Waals surface area contributed by atoms with Crippen molar-refractivity contribution in [2.24, 2.45) is 5.73 Å². The number of carbonyl (C=O) groups excluding carboxylic acids is 1. The average molecular weight is 250 g/mol. The summed E-state index contributed by atoms with van der Waals surface area (Å²) in [6.45, 7) is 1.17. The molecule has 0 atom stereocenters. The molecule has 0 unspecified atom stereocenters. The molecule has 0 saturated heterocycles. The standard InChI is InChI=1S/C12H12ClN3O/c13-10-3-1-9(2-4-10)12(17)11-7-16(6-5-14)8-15-11/h1-4,7-8H,5-6,14H2. The monoisotopic (exact) mass is 249 g/mol. The topological polar surface area (TPSA) is 60.9 Å². The Bertz CT molecular complexity index is 519. The molecule has 2 aromatic rings. The largest absolute Gasteiger partial charge is 0.335 e. The minimum atomic E-state index is -0.113. The van der Waals surface area contributed by atoms with Crippen molar-refractivity contribution in [2.45, 2.75) is 6.54 Å². The van der Waals surface area contributed by atoms with Gasteiger partial charge >= 0.3 is 0 Å². The molecule has 4 nitrogen and oxygen atoms in total. The van der Waals surface area contributed by atoms with Crippen molar-refractivity contribution in [2.75, 3.05) is 6.54 Å². The molecule has 88 valence electrons. The van der Waals surface area contributed by atoms with Crippen molar-refractivity contribution in [3.8, 4) is 0 Å². The number of benzene rings is 1. The predicted molar refractivity (Wildman–Crippen MR) is 66.2 cm³/mol. The number of halogens is 1. The average Bonchev–Trinajstić information content (AvgIpc) is 2.78. The van der Waals surface area contributed by atoms with Crippen molar-refractivity contribution >= 4 is 17.4 Å². The Morgan fingerprint density at radius 3 is 2.71 bits per heavy atom. The second-order valence-electron chi connectivity index (χ2n) is 3.62. The van der Waals surface area contributed by atoms with E-state index >= 15 is 0 Å².